The van der Waals surface area contributed by atoms with Gasteiger partial charge < -0.3 is 16.0 Å². The van der Waals surface area contributed by atoms with Crippen molar-refractivity contribution in [3.05, 3.63) is 61.1 Å². The van der Waals surface area contributed by atoms with E-state index in [1.54, 1.807) is 30.7 Å². The molecule has 3 aromatic heterocycles. The minimum absolute atomic E-state index is 0.310. The number of terminal acetylenes is 1. The predicted molar refractivity (Wildman–Crippen MR) is 138 cm³/mol. The summed E-state index contributed by atoms with van der Waals surface area (Å²) in [6, 6.07) is 13.3. The Morgan fingerprint density at radius 3 is 2.61 bits per heavy atom. The Morgan fingerprint density at radius 2 is 1.83 bits per heavy atom. The fourth-order valence-corrected chi connectivity index (χ4v) is 3.99. The molecule has 3 N–H and O–H groups in total. The van der Waals surface area contributed by atoms with E-state index >= 15 is 0 Å². The molecule has 9 nitrogen and oxygen atoms in total. The lowest BCUT2D eigenvalue weighted by atomic mass is 10.1. The SMILES string of the molecule is C#CC(=O)Nc1ccnc(-c2nccc3cnc(Nc4ccc(NC5CN(CCF)C5)cc4)nc23)c1. The molecule has 36 heavy (non-hydrogen) atoms. The molecule has 180 valence electrons. The summed E-state index contributed by atoms with van der Waals surface area (Å²) in [5, 5.41) is 10.1. The zero-order valence-electron chi connectivity index (χ0n) is 19.3. The number of fused-ring (bicyclic) bond motifs is 1. The van der Waals surface area contributed by atoms with E-state index in [4.69, 9.17) is 6.42 Å². The van der Waals surface area contributed by atoms with Crippen molar-refractivity contribution in [3.8, 4) is 23.7 Å². The number of halogens is 1. The van der Waals surface area contributed by atoms with Crippen molar-refractivity contribution in [3.63, 3.8) is 0 Å². The Hall–Kier alpha value is -4.62. The van der Waals surface area contributed by atoms with Gasteiger partial charge in [-0.2, -0.15) is 0 Å². The summed E-state index contributed by atoms with van der Waals surface area (Å²) in [4.78, 5) is 31.6. The standard InChI is InChI=1S/C26H23FN8O/c1-2-23(36)32-20-8-11-28-22(13-20)25-24-17(7-10-29-25)14-30-26(34-24)33-19-5-3-18(4-6-19)31-21-15-35(16-21)12-9-27/h1,3-8,10-11,13-14,21,31H,9,12,15-16H2,(H,28,32,36)(H,30,33,34). The first-order valence-corrected chi connectivity index (χ1v) is 11.4. The molecule has 0 saturated carbocycles. The molecule has 1 amide bonds. The van der Waals surface area contributed by atoms with E-state index in [9.17, 15) is 9.18 Å². The number of alkyl halides is 1. The number of likely N-dealkylation sites (tertiary alicyclic amines) is 1. The number of carbonyl (C=O) groups excluding carboxylic acids is 1. The van der Waals surface area contributed by atoms with Gasteiger partial charge in [0.2, 0.25) is 5.95 Å². The van der Waals surface area contributed by atoms with Crippen molar-refractivity contribution >= 4 is 39.8 Å². The monoisotopic (exact) mass is 482 g/mol. The van der Waals surface area contributed by atoms with Crippen LogP contribution in [0.4, 0.5) is 27.4 Å². The quantitative estimate of drug-likeness (QED) is 0.328. The number of nitrogens with zero attached hydrogens (tertiary/aromatic N) is 5. The molecule has 1 aromatic carbocycles. The van der Waals surface area contributed by atoms with Gasteiger partial charge in [0.25, 0.3) is 5.91 Å². The number of pyridine rings is 2. The smallest absolute Gasteiger partial charge is 0.300 e. The third kappa shape index (κ3) is 5.21. The summed E-state index contributed by atoms with van der Waals surface area (Å²) in [5.74, 6) is 1.89. The van der Waals surface area contributed by atoms with Crippen LogP contribution in [0.2, 0.25) is 0 Å². The van der Waals surface area contributed by atoms with Gasteiger partial charge in [-0.25, -0.2) is 14.4 Å². The molecular formula is C26H23FN8O. The van der Waals surface area contributed by atoms with Gasteiger partial charge in [0.1, 0.15) is 17.9 Å². The summed E-state index contributed by atoms with van der Waals surface area (Å²) in [6.07, 6.45) is 10.1. The molecule has 10 heteroatoms. The molecule has 5 rings (SSSR count). The van der Waals surface area contributed by atoms with Crippen molar-refractivity contribution < 1.29 is 9.18 Å². The number of aromatic nitrogens is 4. The normalized spacial score (nSPS) is 13.6. The second-order valence-electron chi connectivity index (χ2n) is 8.31. The number of benzene rings is 1. The summed E-state index contributed by atoms with van der Waals surface area (Å²) < 4.78 is 12.4. The van der Waals surface area contributed by atoms with E-state index < -0.39 is 5.91 Å². The molecule has 0 aliphatic carbocycles. The van der Waals surface area contributed by atoms with Crippen LogP contribution in [0, 0.1) is 12.3 Å². The molecule has 4 heterocycles. The molecule has 0 unspecified atom stereocenters. The molecule has 1 aliphatic rings. The fourth-order valence-electron chi connectivity index (χ4n) is 3.99. The third-order valence-corrected chi connectivity index (χ3v) is 5.76. The zero-order valence-corrected chi connectivity index (χ0v) is 19.3. The lowest BCUT2D eigenvalue weighted by Crippen LogP contribution is -2.55. The molecule has 1 fully saturated rings. The second-order valence-corrected chi connectivity index (χ2v) is 8.31. The Balaban J connectivity index is 1.32. The average Bonchev–Trinajstić information content (AvgIpc) is 2.88. The fraction of sp³-hybridized carbons (Fsp3) is 0.192. The van der Waals surface area contributed by atoms with Crippen molar-refractivity contribution in [2.45, 2.75) is 6.04 Å². The maximum absolute atomic E-state index is 12.4. The number of anilines is 4. The van der Waals surface area contributed by atoms with Gasteiger partial charge in [-0.05, 0) is 48.4 Å². The number of rotatable bonds is 8. The highest BCUT2D eigenvalue weighted by atomic mass is 19.1. The Kier molecular flexibility index (Phi) is 6.64. The van der Waals surface area contributed by atoms with Crippen LogP contribution in [-0.4, -0.2) is 63.1 Å². The lowest BCUT2D eigenvalue weighted by molar-refractivity contribution is -0.111. The third-order valence-electron chi connectivity index (χ3n) is 5.76. The van der Waals surface area contributed by atoms with Gasteiger partial charge in [-0.1, -0.05) is 0 Å². The first-order valence-electron chi connectivity index (χ1n) is 11.4. The van der Waals surface area contributed by atoms with Gasteiger partial charge in [-0.3, -0.25) is 19.7 Å². The Morgan fingerprint density at radius 1 is 1.06 bits per heavy atom. The van der Waals surface area contributed by atoms with Crippen LogP contribution in [0.1, 0.15) is 0 Å². The van der Waals surface area contributed by atoms with Crippen molar-refractivity contribution in [1.29, 1.82) is 0 Å². The maximum atomic E-state index is 12.4. The number of carbonyl (C=O) groups is 1. The van der Waals surface area contributed by atoms with Crippen LogP contribution >= 0.6 is 0 Å². The second kappa shape index (κ2) is 10.3. The molecule has 1 aliphatic heterocycles. The molecule has 1 saturated heterocycles. The summed E-state index contributed by atoms with van der Waals surface area (Å²) in [7, 11) is 0. The highest BCUT2D eigenvalue weighted by Crippen LogP contribution is 2.27. The van der Waals surface area contributed by atoms with Crippen LogP contribution in [0.5, 0.6) is 0 Å². The summed E-state index contributed by atoms with van der Waals surface area (Å²) in [6.45, 7) is 1.88. The topological polar surface area (TPSA) is 108 Å². The molecule has 0 radical (unpaired) electrons. The minimum atomic E-state index is -0.542. The van der Waals surface area contributed by atoms with Crippen LogP contribution < -0.4 is 16.0 Å². The molecule has 0 bridgehead atoms. The first kappa shape index (κ1) is 23.1. The first-order chi connectivity index (χ1) is 17.6. The lowest BCUT2D eigenvalue weighted by Gasteiger charge is -2.39. The van der Waals surface area contributed by atoms with Crippen molar-refractivity contribution in [2.75, 3.05) is 42.3 Å². The van der Waals surface area contributed by atoms with Gasteiger partial charge in [0.15, 0.2) is 0 Å². The number of hydrogen-bond acceptors (Lipinski definition) is 8. The largest absolute Gasteiger partial charge is 0.380 e. The highest BCUT2D eigenvalue weighted by molar-refractivity contribution is 6.03. The maximum Gasteiger partial charge on any atom is 0.300 e. The van der Waals surface area contributed by atoms with Crippen LogP contribution in [0.25, 0.3) is 22.3 Å². The highest BCUT2D eigenvalue weighted by Gasteiger charge is 2.25. The van der Waals surface area contributed by atoms with Crippen molar-refractivity contribution in [2.24, 2.45) is 0 Å². The van der Waals surface area contributed by atoms with Crippen LogP contribution in [-0.2, 0) is 4.79 Å². The van der Waals surface area contributed by atoms with Gasteiger partial charge in [0, 0.05) is 60.7 Å². The zero-order chi connectivity index (χ0) is 24.9. The van der Waals surface area contributed by atoms with Crippen LogP contribution in [0.3, 0.4) is 0 Å². The predicted octanol–water partition coefficient (Wildman–Crippen LogP) is 3.47. The molecule has 0 atom stereocenters. The van der Waals surface area contributed by atoms with Crippen LogP contribution in [0.15, 0.2) is 61.1 Å². The Bertz CT molecular complexity index is 1430. The summed E-state index contributed by atoms with van der Waals surface area (Å²) >= 11 is 0. The van der Waals surface area contributed by atoms with Gasteiger partial charge in [-0.15, -0.1) is 6.42 Å². The van der Waals surface area contributed by atoms with Gasteiger partial charge in [0.05, 0.1) is 11.7 Å². The van der Waals surface area contributed by atoms with Crippen molar-refractivity contribution in [1.82, 2.24) is 24.8 Å². The average molecular weight is 483 g/mol. The molecule has 0 spiro atoms. The number of amides is 1. The molecule has 4 aromatic rings. The minimum Gasteiger partial charge on any atom is -0.380 e. The van der Waals surface area contributed by atoms with E-state index in [2.05, 4.69) is 40.8 Å². The Labute approximate surface area is 207 Å². The summed E-state index contributed by atoms with van der Waals surface area (Å²) in [5.41, 5.74) is 4.05. The van der Waals surface area contributed by atoms with E-state index in [1.807, 2.05) is 36.3 Å². The van der Waals surface area contributed by atoms with E-state index in [1.165, 1.54) is 0 Å². The van der Waals surface area contributed by atoms with E-state index in [0.717, 1.165) is 29.9 Å². The number of hydrogen-bond donors (Lipinski definition) is 3. The van der Waals surface area contributed by atoms with E-state index in [-0.39, 0.29) is 6.67 Å². The molecular weight excluding hydrogens is 459 g/mol. The number of nitrogens with one attached hydrogen (secondary N) is 3. The van der Waals surface area contributed by atoms with E-state index in [0.29, 0.717) is 41.1 Å². The van der Waals surface area contributed by atoms with Gasteiger partial charge >= 0.3 is 0 Å².